The third kappa shape index (κ3) is 2.93. The van der Waals surface area contributed by atoms with Gasteiger partial charge in [0.05, 0.1) is 5.92 Å². The fourth-order valence-electron chi connectivity index (χ4n) is 1.52. The summed E-state index contributed by atoms with van der Waals surface area (Å²) in [5.74, 6) is -1.92. The van der Waals surface area contributed by atoms with Crippen LogP contribution >= 0.6 is 0 Å². The molecule has 0 spiro atoms. The number of aliphatic carboxylic acids is 1. The van der Waals surface area contributed by atoms with Gasteiger partial charge in [0, 0.05) is 33.0 Å². The largest absolute Gasteiger partial charge is 0.481 e. The van der Waals surface area contributed by atoms with Gasteiger partial charge in [0.25, 0.3) is 0 Å². The van der Waals surface area contributed by atoms with Gasteiger partial charge >= 0.3 is 5.97 Å². The van der Waals surface area contributed by atoms with Gasteiger partial charge in [-0.15, -0.1) is 0 Å². The van der Waals surface area contributed by atoms with E-state index < -0.39 is 11.9 Å². The average molecular weight is 214 g/mol. The van der Waals surface area contributed by atoms with E-state index in [-0.39, 0.29) is 31.2 Å². The van der Waals surface area contributed by atoms with Gasteiger partial charge in [-0.1, -0.05) is 0 Å². The first kappa shape index (κ1) is 11.5. The predicted octanol–water partition coefficient (Wildman–Crippen LogP) is -0.944. The molecule has 1 rings (SSSR count). The lowest BCUT2D eigenvalue weighted by Gasteiger charge is -2.14. The van der Waals surface area contributed by atoms with Crippen LogP contribution in [0.3, 0.4) is 0 Å². The van der Waals surface area contributed by atoms with Crippen LogP contribution in [0.2, 0.25) is 0 Å². The normalized spacial score (nSPS) is 20.5. The molecule has 2 amide bonds. The summed E-state index contributed by atoms with van der Waals surface area (Å²) in [5.41, 5.74) is 0. The first-order valence-corrected chi connectivity index (χ1v) is 4.75. The van der Waals surface area contributed by atoms with Gasteiger partial charge in [-0.05, 0) is 0 Å². The second kappa shape index (κ2) is 4.77. The SMILES string of the molecule is CNC(=O)CCN1CC(C(=O)O)CC1=O. The van der Waals surface area contributed by atoms with Crippen molar-refractivity contribution in [3.05, 3.63) is 0 Å². The van der Waals surface area contributed by atoms with E-state index in [1.54, 1.807) is 0 Å². The first-order valence-electron chi connectivity index (χ1n) is 4.75. The predicted molar refractivity (Wildman–Crippen MR) is 51.0 cm³/mol. The number of hydrogen-bond acceptors (Lipinski definition) is 3. The molecule has 0 aromatic heterocycles. The Bertz CT molecular complexity index is 290. The van der Waals surface area contributed by atoms with Crippen molar-refractivity contribution in [3.63, 3.8) is 0 Å². The van der Waals surface area contributed by atoms with Gasteiger partial charge < -0.3 is 15.3 Å². The van der Waals surface area contributed by atoms with Crippen molar-refractivity contribution in [2.24, 2.45) is 5.92 Å². The molecule has 1 heterocycles. The smallest absolute Gasteiger partial charge is 0.308 e. The topological polar surface area (TPSA) is 86.7 Å². The number of amides is 2. The molecule has 0 aromatic carbocycles. The molecule has 1 aliphatic rings. The highest BCUT2D eigenvalue weighted by Gasteiger charge is 2.33. The summed E-state index contributed by atoms with van der Waals surface area (Å²) in [6, 6.07) is 0. The van der Waals surface area contributed by atoms with E-state index in [4.69, 9.17) is 5.11 Å². The van der Waals surface area contributed by atoms with Crippen LogP contribution in [0.1, 0.15) is 12.8 Å². The highest BCUT2D eigenvalue weighted by atomic mass is 16.4. The molecular formula is C9H14N2O4. The molecule has 1 aliphatic heterocycles. The maximum Gasteiger partial charge on any atom is 0.308 e. The molecular weight excluding hydrogens is 200 g/mol. The molecule has 1 saturated heterocycles. The van der Waals surface area contributed by atoms with E-state index in [0.717, 1.165) is 0 Å². The van der Waals surface area contributed by atoms with Gasteiger partial charge in [-0.3, -0.25) is 14.4 Å². The van der Waals surface area contributed by atoms with Crippen LogP contribution in [-0.4, -0.2) is 47.9 Å². The summed E-state index contributed by atoms with van der Waals surface area (Å²) >= 11 is 0. The second-order valence-corrected chi connectivity index (χ2v) is 3.50. The Morgan fingerprint density at radius 2 is 2.27 bits per heavy atom. The van der Waals surface area contributed by atoms with Crippen molar-refractivity contribution in [2.45, 2.75) is 12.8 Å². The van der Waals surface area contributed by atoms with E-state index >= 15 is 0 Å². The number of nitrogens with zero attached hydrogens (tertiary/aromatic N) is 1. The van der Waals surface area contributed by atoms with Crippen LogP contribution in [0.4, 0.5) is 0 Å². The number of carboxylic acids is 1. The number of hydrogen-bond donors (Lipinski definition) is 2. The molecule has 84 valence electrons. The van der Waals surface area contributed by atoms with Crippen LogP contribution in [0, 0.1) is 5.92 Å². The molecule has 1 fully saturated rings. The molecule has 0 aromatic rings. The third-order valence-corrected chi connectivity index (χ3v) is 2.45. The number of carboxylic acid groups (broad SMARTS) is 1. The first-order chi connectivity index (χ1) is 7.04. The minimum atomic E-state index is -0.953. The van der Waals surface area contributed by atoms with Crippen molar-refractivity contribution in [1.82, 2.24) is 10.2 Å². The summed E-state index contributed by atoms with van der Waals surface area (Å²) in [4.78, 5) is 34.3. The number of likely N-dealkylation sites (tertiary alicyclic amines) is 1. The van der Waals surface area contributed by atoms with E-state index in [9.17, 15) is 14.4 Å². The van der Waals surface area contributed by atoms with E-state index in [0.29, 0.717) is 6.54 Å². The zero-order chi connectivity index (χ0) is 11.4. The Labute approximate surface area is 87.2 Å². The standard InChI is InChI=1S/C9H14N2O4/c1-10-7(12)2-3-11-5-6(9(14)15)4-8(11)13/h6H,2-5H2,1H3,(H,10,12)(H,14,15). The molecule has 1 unspecified atom stereocenters. The van der Waals surface area contributed by atoms with Crippen molar-refractivity contribution in [3.8, 4) is 0 Å². The molecule has 1 atom stereocenters. The van der Waals surface area contributed by atoms with E-state index in [2.05, 4.69) is 5.32 Å². The summed E-state index contributed by atoms with van der Waals surface area (Å²) in [6.45, 7) is 0.507. The molecule has 2 N–H and O–H groups in total. The molecule has 15 heavy (non-hydrogen) atoms. The average Bonchev–Trinajstić information content (AvgIpc) is 2.56. The van der Waals surface area contributed by atoms with Crippen LogP contribution in [0.5, 0.6) is 0 Å². The third-order valence-electron chi connectivity index (χ3n) is 2.45. The molecule has 0 radical (unpaired) electrons. The van der Waals surface area contributed by atoms with Crippen molar-refractivity contribution in [1.29, 1.82) is 0 Å². The second-order valence-electron chi connectivity index (χ2n) is 3.50. The fourth-order valence-corrected chi connectivity index (χ4v) is 1.52. The van der Waals surface area contributed by atoms with E-state index in [1.807, 2.05) is 0 Å². The number of carbonyl (C=O) groups excluding carboxylic acids is 2. The number of nitrogens with one attached hydrogen (secondary N) is 1. The molecule has 0 saturated carbocycles. The monoisotopic (exact) mass is 214 g/mol. The summed E-state index contributed by atoms with van der Waals surface area (Å²) in [5, 5.41) is 11.2. The summed E-state index contributed by atoms with van der Waals surface area (Å²) in [7, 11) is 1.52. The zero-order valence-electron chi connectivity index (χ0n) is 8.52. The highest BCUT2D eigenvalue weighted by molar-refractivity contribution is 5.86. The van der Waals surface area contributed by atoms with Crippen LogP contribution < -0.4 is 5.32 Å². The maximum absolute atomic E-state index is 11.3. The molecule has 0 bridgehead atoms. The Hall–Kier alpha value is -1.59. The molecule has 6 nitrogen and oxygen atoms in total. The van der Waals surface area contributed by atoms with Crippen molar-refractivity contribution >= 4 is 17.8 Å². The maximum atomic E-state index is 11.3. The number of carbonyl (C=O) groups is 3. The Balaban J connectivity index is 2.41. The Morgan fingerprint density at radius 1 is 1.60 bits per heavy atom. The number of rotatable bonds is 4. The minimum Gasteiger partial charge on any atom is -0.481 e. The molecule has 0 aliphatic carbocycles. The lowest BCUT2D eigenvalue weighted by atomic mass is 10.1. The van der Waals surface area contributed by atoms with Crippen LogP contribution in [-0.2, 0) is 14.4 Å². The lowest BCUT2D eigenvalue weighted by Crippen LogP contribution is -2.31. The van der Waals surface area contributed by atoms with Crippen LogP contribution in [0.15, 0.2) is 0 Å². The lowest BCUT2D eigenvalue weighted by molar-refractivity contribution is -0.141. The van der Waals surface area contributed by atoms with Gasteiger partial charge in [0.1, 0.15) is 0 Å². The molecule has 6 heteroatoms. The highest BCUT2D eigenvalue weighted by Crippen LogP contribution is 2.17. The van der Waals surface area contributed by atoms with Gasteiger partial charge in [0.2, 0.25) is 11.8 Å². The summed E-state index contributed by atoms with van der Waals surface area (Å²) < 4.78 is 0. The fraction of sp³-hybridized carbons (Fsp3) is 0.667. The van der Waals surface area contributed by atoms with Gasteiger partial charge in [0.15, 0.2) is 0 Å². The van der Waals surface area contributed by atoms with Gasteiger partial charge in [-0.25, -0.2) is 0 Å². The van der Waals surface area contributed by atoms with Crippen molar-refractivity contribution in [2.75, 3.05) is 20.1 Å². The minimum absolute atomic E-state index is 0.0447. The van der Waals surface area contributed by atoms with Gasteiger partial charge in [-0.2, -0.15) is 0 Å². The Morgan fingerprint density at radius 3 is 2.73 bits per heavy atom. The zero-order valence-corrected chi connectivity index (χ0v) is 8.52. The summed E-state index contributed by atoms with van der Waals surface area (Å²) in [6.07, 6.45) is 0.262. The van der Waals surface area contributed by atoms with E-state index in [1.165, 1.54) is 11.9 Å². The van der Waals surface area contributed by atoms with Crippen molar-refractivity contribution < 1.29 is 19.5 Å². The van der Waals surface area contributed by atoms with Crippen LogP contribution in [0.25, 0.3) is 0 Å². The quantitative estimate of drug-likeness (QED) is 0.632. The Kier molecular flexibility index (Phi) is 3.65.